The van der Waals surface area contributed by atoms with Crippen LogP contribution in [-0.2, 0) is 19.6 Å². The Morgan fingerprint density at radius 3 is 2.00 bits per heavy atom. The minimum atomic E-state index is -6.34. The molecule has 0 bridgehead atoms. The van der Waals surface area contributed by atoms with Gasteiger partial charge in [-0.05, 0) is 31.1 Å². The molecular formula is C15H15F6O5S-. The molecule has 2 rings (SSSR count). The van der Waals surface area contributed by atoms with E-state index in [2.05, 4.69) is 4.74 Å². The van der Waals surface area contributed by atoms with Gasteiger partial charge >= 0.3 is 23.9 Å². The Morgan fingerprint density at radius 1 is 1.00 bits per heavy atom. The van der Waals surface area contributed by atoms with E-state index in [-0.39, 0.29) is 24.7 Å². The fraction of sp³-hybridized carbons (Fsp3) is 0.667. The van der Waals surface area contributed by atoms with E-state index in [1.807, 2.05) is 6.08 Å². The van der Waals surface area contributed by atoms with Gasteiger partial charge in [-0.15, -0.1) is 0 Å². The maximum atomic E-state index is 13.2. The van der Waals surface area contributed by atoms with Crippen LogP contribution in [0.2, 0.25) is 0 Å². The summed E-state index contributed by atoms with van der Waals surface area (Å²) in [5.41, 5.74) is -5.41. The molecule has 1 fully saturated rings. The molecule has 0 aromatic carbocycles. The van der Waals surface area contributed by atoms with E-state index in [4.69, 9.17) is 0 Å². The summed E-state index contributed by atoms with van der Waals surface area (Å²) in [7, 11) is -6.03. The van der Waals surface area contributed by atoms with Crippen molar-refractivity contribution >= 4 is 16.1 Å². The maximum absolute atomic E-state index is 13.2. The highest BCUT2D eigenvalue weighted by Crippen LogP contribution is 2.48. The van der Waals surface area contributed by atoms with Crippen LogP contribution in [0.5, 0.6) is 0 Å². The second kappa shape index (κ2) is 7.12. The third-order valence-electron chi connectivity index (χ3n) is 4.69. The van der Waals surface area contributed by atoms with Crippen LogP contribution in [0.1, 0.15) is 19.3 Å². The standard InChI is InChI=1S/C15H16F6O5S/c16-14(17,18)13(15(19,20)21,8-27(23,24)25)26-12(22)11-6-5-9-3-1-2-4-10(9)7-11/h1-4,9-11H,5-8H2,(H,23,24,25)/p-1. The van der Waals surface area contributed by atoms with Crippen molar-refractivity contribution in [1.29, 1.82) is 0 Å². The molecule has 2 aliphatic rings. The Morgan fingerprint density at radius 2 is 1.52 bits per heavy atom. The van der Waals surface area contributed by atoms with E-state index in [0.29, 0.717) is 6.42 Å². The van der Waals surface area contributed by atoms with E-state index >= 15 is 0 Å². The average molecular weight is 421 g/mol. The van der Waals surface area contributed by atoms with Gasteiger partial charge in [0.25, 0.3) is 0 Å². The number of allylic oxidation sites excluding steroid dienone is 4. The largest absolute Gasteiger partial charge is 0.748 e. The zero-order valence-electron chi connectivity index (χ0n) is 13.6. The number of hydrogen-bond acceptors (Lipinski definition) is 5. The van der Waals surface area contributed by atoms with Gasteiger partial charge in [0, 0.05) is 0 Å². The van der Waals surface area contributed by atoms with Gasteiger partial charge < -0.3 is 9.29 Å². The molecule has 12 heteroatoms. The van der Waals surface area contributed by atoms with Crippen molar-refractivity contribution in [3.05, 3.63) is 24.3 Å². The Hall–Kier alpha value is -1.56. The van der Waals surface area contributed by atoms with Gasteiger partial charge in [0.05, 0.1) is 21.8 Å². The molecule has 0 radical (unpaired) electrons. The van der Waals surface area contributed by atoms with Gasteiger partial charge in [0.15, 0.2) is 0 Å². The molecule has 0 amide bonds. The monoisotopic (exact) mass is 421 g/mol. The van der Waals surface area contributed by atoms with Crippen molar-refractivity contribution in [3.8, 4) is 0 Å². The van der Waals surface area contributed by atoms with Gasteiger partial charge in [-0.25, -0.2) is 8.42 Å². The number of halogens is 6. The van der Waals surface area contributed by atoms with Crippen molar-refractivity contribution in [2.45, 2.75) is 37.2 Å². The van der Waals surface area contributed by atoms with Gasteiger partial charge in [-0.2, -0.15) is 26.3 Å². The molecule has 0 heterocycles. The number of fused-ring (bicyclic) bond motifs is 1. The summed E-state index contributed by atoms with van der Waals surface area (Å²) >= 11 is 0. The number of alkyl halides is 6. The SMILES string of the molecule is O=C(OC(CS(=O)(=O)[O-])(C(F)(F)F)C(F)(F)F)C1CCC2C=CC=CC2C1. The molecular weight excluding hydrogens is 406 g/mol. The number of hydrogen-bond donors (Lipinski definition) is 0. The second-order valence-corrected chi connectivity index (χ2v) is 7.96. The van der Waals surface area contributed by atoms with Crippen molar-refractivity contribution in [2.75, 3.05) is 5.75 Å². The summed E-state index contributed by atoms with van der Waals surface area (Å²) in [5, 5.41) is 0. The quantitative estimate of drug-likeness (QED) is 0.396. The zero-order chi connectivity index (χ0) is 20.7. The van der Waals surface area contributed by atoms with E-state index in [1.165, 1.54) is 0 Å². The summed E-state index contributed by atoms with van der Waals surface area (Å²) < 4.78 is 115. The van der Waals surface area contributed by atoms with Gasteiger partial charge in [-0.3, -0.25) is 4.79 Å². The molecule has 1 saturated carbocycles. The van der Waals surface area contributed by atoms with E-state index in [9.17, 15) is 44.1 Å². The minimum absolute atomic E-state index is 0.0102. The molecule has 0 spiro atoms. The van der Waals surface area contributed by atoms with Gasteiger partial charge in [0.1, 0.15) is 0 Å². The molecule has 3 atom stereocenters. The first-order valence-corrected chi connectivity index (χ1v) is 9.39. The van der Waals surface area contributed by atoms with Crippen LogP contribution >= 0.6 is 0 Å². The van der Waals surface area contributed by atoms with Crippen molar-refractivity contribution in [3.63, 3.8) is 0 Å². The molecule has 0 aromatic rings. The highest BCUT2D eigenvalue weighted by atomic mass is 32.2. The third-order valence-corrected chi connectivity index (χ3v) is 5.45. The molecule has 154 valence electrons. The minimum Gasteiger partial charge on any atom is -0.748 e. The number of ether oxygens (including phenoxy) is 1. The van der Waals surface area contributed by atoms with Crippen LogP contribution in [0, 0.1) is 17.8 Å². The first-order valence-electron chi connectivity index (χ1n) is 7.81. The highest BCUT2D eigenvalue weighted by molar-refractivity contribution is 7.85. The summed E-state index contributed by atoms with van der Waals surface area (Å²) in [5.74, 6) is -6.32. The molecule has 27 heavy (non-hydrogen) atoms. The molecule has 0 aliphatic heterocycles. The van der Waals surface area contributed by atoms with Crippen molar-refractivity contribution < 1.29 is 48.8 Å². The van der Waals surface area contributed by atoms with E-state index in [1.54, 1.807) is 18.2 Å². The van der Waals surface area contributed by atoms with E-state index < -0.39 is 45.7 Å². The van der Waals surface area contributed by atoms with Crippen molar-refractivity contribution in [2.24, 2.45) is 17.8 Å². The predicted molar refractivity (Wildman–Crippen MR) is 78.1 cm³/mol. The molecule has 5 nitrogen and oxygen atoms in total. The van der Waals surface area contributed by atoms with Crippen LogP contribution in [0.3, 0.4) is 0 Å². The molecule has 0 saturated heterocycles. The van der Waals surface area contributed by atoms with E-state index in [0.717, 1.165) is 0 Å². The first-order chi connectivity index (χ1) is 12.2. The van der Waals surface area contributed by atoms with Gasteiger partial charge in [-0.1, -0.05) is 24.3 Å². The average Bonchev–Trinajstić information content (AvgIpc) is 2.50. The van der Waals surface area contributed by atoms with Crippen molar-refractivity contribution in [1.82, 2.24) is 0 Å². The number of carbonyl (C=O) groups excluding carboxylic acids is 1. The molecule has 2 aliphatic carbocycles. The fourth-order valence-corrected chi connectivity index (χ4v) is 4.17. The Labute approximate surface area is 150 Å². The molecule has 0 aromatic heterocycles. The fourth-order valence-electron chi connectivity index (χ4n) is 3.29. The lowest BCUT2D eigenvalue weighted by Gasteiger charge is -2.39. The lowest BCUT2D eigenvalue weighted by molar-refractivity contribution is -0.362. The van der Waals surface area contributed by atoms with Crippen LogP contribution in [-0.4, -0.2) is 42.6 Å². The zero-order valence-corrected chi connectivity index (χ0v) is 14.4. The lowest BCUT2D eigenvalue weighted by atomic mass is 9.72. The topological polar surface area (TPSA) is 83.5 Å². The Kier molecular flexibility index (Phi) is 5.73. The highest BCUT2D eigenvalue weighted by Gasteiger charge is 2.75. The smallest absolute Gasteiger partial charge is 0.438 e. The summed E-state index contributed by atoms with van der Waals surface area (Å²) in [4.78, 5) is 12.1. The van der Waals surface area contributed by atoms with Crippen LogP contribution in [0.4, 0.5) is 26.3 Å². The first kappa shape index (κ1) is 21.7. The number of rotatable bonds is 4. The summed E-state index contributed by atoms with van der Waals surface area (Å²) in [6, 6.07) is 0. The number of carbonyl (C=O) groups is 1. The maximum Gasteiger partial charge on any atom is 0.438 e. The Balaban J connectivity index is 2.30. The lowest BCUT2D eigenvalue weighted by Crippen LogP contribution is -2.64. The second-order valence-electron chi connectivity index (χ2n) is 6.55. The van der Waals surface area contributed by atoms with Gasteiger partial charge in [0.2, 0.25) is 0 Å². The van der Waals surface area contributed by atoms with Crippen LogP contribution in [0.25, 0.3) is 0 Å². The Bertz CT molecular complexity index is 723. The molecule has 0 N–H and O–H groups in total. The molecule has 3 unspecified atom stereocenters. The summed E-state index contributed by atoms with van der Waals surface area (Å²) in [6.07, 6.45) is -5.50. The third kappa shape index (κ3) is 4.65. The van der Waals surface area contributed by atoms with Crippen LogP contribution < -0.4 is 0 Å². The summed E-state index contributed by atoms with van der Waals surface area (Å²) in [6.45, 7) is 0. The number of esters is 1. The normalized spacial score (nSPS) is 26.6. The predicted octanol–water partition coefficient (Wildman–Crippen LogP) is 3.10. The van der Waals surface area contributed by atoms with Crippen LogP contribution in [0.15, 0.2) is 24.3 Å².